The van der Waals surface area contributed by atoms with Crippen molar-refractivity contribution in [2.24, 2.45) is 0 Å². The Hall–Kier alpha value is -2.04. The first-order valence-electron chi connectivity index (χ1n) is 6.88. The van der Waals surface area contributed by atoms with E-state index >= 15 is 0 Å². The maximum atomic E-state index is 11.6. The van der Waals surface area contributed by atoms with Gasteiger partial charge in [-0.15, -0.1) is 0 Å². The van der Waals surface area contributed by atoms with E-state index < -0.39 is 0 Å². The van der Waals surface area contributed by atoms with Crippen LogP contribution in [0.4, 0.5) is 5.69 Å². The van der Waals surface area contributed by atoms with Crippen LogP contribution in [0.3, 0.4) is 0 Å². The van der Waals surface area contributed by atoms with E-state index in [-0.39, 0.29) is 17.9 Å². The number of nitrogens with one attached hydrogen (secondary N) is 2. The van der Waals surface area contributed by atoms with Crippen molar-refractivity contribution in [3.8, 4) is 0 Å². The average Bonchev–Trinajstić information content (AvgIpc) is 2.35. The average molecular weight is 277 g/mol. The standard InChI is InChI=1S/C15H23N3O2/c1-11(2)18-15(20)8-9-17-14(19)7-6-12-4-3-5-13(16)10-12/h3-5,10-11H,6-9,16H2,1-2H3,(H,17,19)(H,18,20). The second-order valence-electron chi connectivity index (χ2n) is 5.07. The first kappa shape index (κ1) is 16.0. The number of anilines is 1. The third kappa shape index (κ3) is 6.78. The van der Waals surface area contributed by atoms with Crippen LogP contribution in [0.5, 0.6) is 0 Å². The molecule has 0 radical (unpaired) electrons. The number of nitrogens with two attached hydrogens (primary N) is 1. The van der Waals surface area contributed by atoms with Gasteiger partial charge >= 0.3 is 0 Å². The summed E-state index contributed by atoms with van der Waals surface area (Å²) in [6, 6.07) is 7.63. The number of amides is 2. The van der Waals surface area contributed by atoms with Crippen molar-refractivity contribution in [1.29, 1.82) is 0 Å². The van der Waals surface area contributed by atoms with Gasteiger partial charge in [0.2, 0.25) is 11.8 Å². The predicted molar refractivity (Wildman–Crippen MR) is 80.1 cm³/mol. The van der Waals surface area contributed by atoms with Gasteiger partial charge in [0.15, 0.2) is 0 Å². The maximum absolute atomic E-state index is 11.6. The monoisotopic (exact) mass is 277 g/mol. The number of hydrogen-bond donors (Lipinski definition) is 3. The molecule has 0 spiro atoms. The van der Waals surface area contributed by atoms with Gasteiger partial charge in [-0.1, -0.05) is 12.1 Å². The molecular formula is C15H23N3O2. The third-order valence-corrected chi connectivity index (χ3v) is 2.72. The molecule has 0 bridgehead atoms. The molecule has 5 nitrogen and oxygen atoms in total. The normalized spacial score (nSPS) is 10.3. The van der Waals surface area contributed by atoms with Gasteiger partial charge in [0.1, 0.15) is 0 Å². The fraction of sp³-hybridized carbons (Fsp3) is 0.467. The zero-order valence-corrected chi connectivity index (χ0v) is 12.1. The molecule has 5 heteroatoms. The molecule has 0 fully saturated rings. The maximum Gasteiger partial charge on any atom is 0.221 e. The van der Waals surface area contributed by atoms with E-state index in [0.717, 1.165) is 5.56 Å². The minimum absolute atomic E-state index is 0.0452. The number of carbonyl (C=O) groups excluding carboxylic acids is 2. The summed E-state index contributed by atoms with van der Waals surface area (Å²) < 4.78 is 0. The number of aryl methyl sites for hydroxylation is 1. The molecule has 110 valence electrons. The van der Waals surface area contributed by atoms with Crippen LogP contribution in [0.15, 0.2) is 24.3 Å². The van der Waals surface area contributed by atoms with Crippen LogP contribution in [0.2, 0.25) is 0 Å². The van der Waals surface area contributed by atoms with Crippen molar-refractivity contribution in [3.63, 3.8) is 0 Å². The van der Waals surface area contributed by atoms with Crippen LogP contribution in [0, 0.1) is 0 Å². The molecule has 0 saturated heterocycles. The second kappa shape index (κ2) is 8.19. The van der Waals surface area contributed by atoms with Crippen molar-refractivity contribution in [2.75, 3.05) is 12.3 Å². The Balaban J connectivity index is 2.19. The van der Waals surface area contributed by atoms with Gasteiger partial charge < -0.3 is 16.4 Å². The van der Waals surface area contributed by atoms with Gasteiger partial charge in [-0.25, -0.2) is 0 Å². The third-order valence-electron chi connectivity index (χ3n) is 2.72. The van der Waals surface area contributed by atoms with Crippen LogP contribution in [-0.2, 0) is 16.0 Å². The Morgan fingerprint density at radius 2 is 1.95 bits per heavy atom. The topological polar surface area (TPSA) is 84.2 Å². The van der Waals surface area contributed by atoms with Crippen molar-refractivity contribution in [1.82, 2.24) is 10.6 Å². The molecule has 0 aromatic heterocycles. The summed E-state index contributed by atoms with van der Waals surface area (Å²) >= 11 is 0. The summed E-state index contributed by atoms with van der Waals surface area (Å²) in [7, 11) is 0. The Morgan fingerprint density at radius 3 is 2.60 bits per heavy atom. The Bertz CT molecular complexity index is 458. The van der Waals surface area contributed by atoms with Gasteiger partial charge in [0.25, 0.3) is 0 Å². The first-order chi connectivity index (χ1) is 9.47. The lowest BCUT2D eigenvalue weighted by Gasteiger charge is -2.09. The lowest BCUT2D eigenvalue weighted by molar-refractivity contribution is -0.122. The van der Waals surface area contributed by atoms with E-state index in [1.807, 2.05) is 38.1 Å². The van der Waals surface area contributed by atoms with Gasteiger partial charge in [-0.3, -0.25) is 9.59 Å². The van der Waals surface area contributed by atoms with Crippen LogP contribution in [-0.4, -0.2) is 24.4 Å². The predicted octanol–water partition coefficient (Wildman–Crippen LogP) is 1.23. The summed E-state index contributed by atoms with van der Waals surface area (Å²) in [5, 5.41) is 5.52. The molecule has 2 amide bonds. The van der Waals surface area contributed by atoms with E-state index in [0.29, 0.717) is 31.5 Å². The molecule has 0 unspecified atom stereocenters. The molecule has 1 aromatic carbocycles. The molecule has 1 aromatic rings. The molecule has 1 rings (SSSR count). The zero-order valence-electron chi connectivity index (χ0n) is 12.1. The van der Waals surface area contributed by atoms with E-state index in [2.05, 4.69) is 10.6 Å². The molecule has 0 aliphatic heterocycles. The van der Waals surface area contributed by atoms with E-state index in [4.69, 9.17) is 5.73 Å². The minimum atomic E-state index is -0.0511. The molecule has 0 atom stereocenters. The Labute approximate surface area is 119 Å². The van der Waals surface area contributed by atoms with Gasteiger partial charge in [0, 0.05) is 31.1 Å². The summed E-state index contributed by atoms with van der Waals surface area (Å²) in [5.74, 6) is -0.0964. The van der Waals surface area contributed by atoms with Crippen LogP contribution < -0.4 is 16.4 Å². The van der Waals surface area contributed by atoms with Crippen LogP contribution in [0.25, 0.3) is 0 Å². The summed E-state index contributed by atoms with van der Waals surface area (Å²) in [4.78, 5) is 23.0. The van der Waals surface area contributed by atoms with Crippen molar-refractivity contribution < 1.29 is 9.59 Å². The van der Waals surface area contributed by atoms with Gasteiger partial charge in [-0.2, -0.15) is 0 Å². The largest absolute Gasteiger partial charge is 0.399 e. The number of rotatable bonds is 7. The lowest BCUT2D eigenvalue weighted by Crippen LogP contribution is -2.34. The number of carbonyl (C=O) groups is 2. The van der Waals surface area contributed by atoms with E-state index in [1.165, 1.54) is 0 Å². The first-order valence-corrected chi connectivity index (χ1v) is 6.88. The smallest absolute Gasteiger partial charge is 0.221 e. The summed E-state index contributed by atoms with van der Waals surface area (Å²) in [5.41, 5.74) is 7.41. The number of nitrogen functional groups attached to an aromatic ring is 1. The van der Waals surface area contributed by atoms with Crippen LogP contribution in [0.1, 0.15) is 32.3 Å². The fourth-order valence-corrected chi connectivity index (χ4v) is 1.80. The molecule has 0 aliphatic rings. The second-order valence-corrected chi connectivity index (χ2v) is 5.07. The van der Waals surface area contributed by atoms with E-state index in [1.54, 1.807) is 0 Å². The highest BCUT2D eigenvalue weighted by Crippen LogP contribution is 2.08. The molecule has 0 saturated carbocycles. The Kier molecular flexibility index (Phi) is 6.56. The quantitative estimate of drug-likeness (QED) is 0.655. The Morgan fingerprint density at radius 1 is 1.20 bits per heavy atom. The lowest BCUT2D eigenvalue weighted by atomic mass is 10.1. The van der Waals surface area contributed by atoms with Crippen molar-refractivity contribution in [2.45, 2.75) is 39.2 Å². The highest BCUT2D eigenvalue weighted by molar-refractivity contribution is 5.79. The molecule has 0 heterocycles. The number of hydrogen-bond acceptors (Lipinski definition) is 3. The highest BCUT2D eigenvalue weighted by atomic mass is 16.2. The summed E-state index contributed by atoms with van der Waals surface area (Å²) in [6.07, 6.45) is 1.35. The molecule has 0 aliphatic carbocycles. The molecule has 20 heavy (non-hydrogen) atoms. The molecular weight excluding hydrogens is 254 g/mol. The zero-order chi connectivity index (χ0) is 15.0. The minimum Gasteiger partial charge on any atom is -0.399 e. The van der Waals surface area contributed by atoms with Crippen molar-refractivity contribution >= 4 is 17.5 Å². The van der Waals surface area contributed by atoms with E-state index in [9.17, 15) is 9.59 Å². The summed E-state index contributed by atoms with van der Waals surface area (Å²) in [6.45, 7) is 4.18. The SMILES string of the molecule is CC(C)NC(=O)CCNC(=O)CCc1cccc(N)c1. The number of benzene rings is 1. The van der Waals surface area contributed by atoms with Crippen molar-refractivity contribution in [3.05, 3.63) is 29.8 Å². The van der Waals surface area contributed by atoms with Gasteiger partial charge in [0.05, 0.1) is 0 Å². The molecule has 4 N–H and O–H groups in total. The highest BCUT2D eigenvalue weighted by Gasteiger charge is 2.05. The fourth-order valence-electron chi connectivity index (χ4n) is 1.80. The van der Waals surface area contributed by atoms with Crippen LogP contribution >= 0.6 is 0 Å². The van der Waals surface area contributed by atoms with Gasteiger partial charge in [-0.05, 0) is 38.0 Å².